The van der Waals surface area contributed by atoms with E-state index in [1.165, 1.54) is 0 Å². The van der Waals surface area contributed by atoms with E-state index in [1.54, 1.807) is 6.07 Å². The number of carboxylic acid groups (broad SMARTS) is 1. The lowest BCUT2D eigenvalue weighted by molar-refractivity contribution is -0.137. The number of hydrogen-bond acceptors (Lipinski definition) is 3. The van der Waals surface area contributed by atoms with Crippen molar-refractivity contribution in [3.05, 3.63) is 33.8 Å². The van der Waals surface area contributed by atoms with Crippen molar-refractivity contribution >= 4 is 29.2 Å². The van der Waals surface area contributed by atoms with Crippen LogP contribution < -0.4 is 0 Å². The normalized spacial score (nSPS) is 20.0. The molecule has 20 heavy (non-hydrogen) atoms. The van der Waals surface area contributed by atoms with Crippen LogP contribution in [-0.2, 0) is 9.53 Å². The van der Waals surface area contributed by atoms with E-state index in [0.29, 0.717) is 23.1 Å². The summed E-state index contributed by atoms with van der Waals surface area (Å²) in [5, 5.41) is 9.71. The number of morpholine rings is 1. The molecule has 0 aliphatic carbocycles. The van der Waals surface area contributed by atoms with Gasteiger partial charge in [0.05, 0.1) is 22.8 Å². The van der Waals surface area contributed by atoms with E-state index >= 15 is 0 Å². The first-order chi connectivity index (χ1) is 9.56. The van der Waals surface area contributed by atoms with E-state index in [2.05, 4.69) is 4.90 Å². The van der Waals surface area contributed by atoms with Gasteiger partial charge in [-0.3, -0.25) is 9.69 Å². The molecule has 0 saturated carbocycles. The van der Waals surface area contributed by atoms with Crippen LogP contribution in [0.25, 0.3) is 0 Å². The highest BCUT2D eigenvalue weighted by Crippen LogP contribution is 2.29. The first kappa shape index (κ1) is 15.6. The standard InChI is InChI=1S/C14H17Cl2NO3/c15-11-4-3-10(8-12(11)16)13-9-17(6-7-20-13)5-1-2-14(18)19/h3-4,8,13H,1-2,5-7,9H2,(H,18,19)/t13-/m0/s1. The van der Waals surface area contributed by atoms with Gasteiger partial charge in [0.15, 0.2) is 0 Å². The molecule has 1 aliphatic rings. The summed E-state index contributed by atoms with van der Waals surface area (Å²) in [6, 6.07) is 5.51. The smallest absolute Gasteiger partial charge is 0.303 e. The zero-order valence-corrected chi connectivity index (χ0v) is 12.5. The van der Waals surface area contributed by atoms with E-state index in [0.717, 1.165) is 25.2 Å². The van der Waals surface area contributed by atoms with Gasteiger partial charge in [-0.15, -0.1) is 0 Å². The zero-order chi connectivity index (χ0) is 14.5. The zero-order valence-electron chi connectivity index (χ0n) is 11.0. The molecule has 1 aliphatic heterocycles. The molecule has 0 bridgehead atoms. The highest BCUT2D eigenvalue weighted by Gasteiger charge is 2.22. The van der Waals surface area contributed by atoms with Crippen molar-refractivity contribution in [3.8, 4) is 0 Å². The summed E-state index contributed by atoms with van der Waals surface area (Å²) in [5.74, 6) is -0.751. The van der Waals surface area contributed by atoms with Gasteiger partial charge in [0, 0.05) is 19.5 Å². The molecule has 1 aromatic rings. The Morgan fingerprint density at radius 2 is 2.20 bits per heavy atom. The van der Waals surface area contributed by atoms with Crippen molar-refractivity contribution in [2.24, 2.45) is 0 Å². The Morgan fingerprint density at radius 3 is 2.90 bits per heavy atom. The highest BCUT2D eigenvalue weighted by atomic mass is 35.5. The van der Waals surface area contributed by atoms with E-state index in [-0.39, 0.29) is 12.5 Å². The monoisotopic (exact) mass is 317 g/mol. The molecule has 6 heteroatoms. The molecule has 1 atom stereocenters. The topological polar surface area (TPSA) is 49.8 Å². The molecule has 1 heterocycles. The van der Waals surface area contributed by atoms with Crippen molar-refractivity contribution < 1.29 is 14.6 Å². The molecule has 1 saturated heterocycles. The number of halogens is 2. The maximum absolute atomic E-state index is 10.5. The highest BCUT2D eigenvalue weighted by molar-refractivity contribution is 6.42. The summed E-state index contributed by atoms with van der Waals surface area (Å²) in [6.07, 6.45) is 0.821. The Morgan fingerprint density at radius 1 is 1.40 bits per heavy atom. The van der Waals surface area contributed by atoms with Crippen LogP contribution in [0, 0.1) is 0 Å². The minimum Gasteiger partial charge on any atom is -0.481 e. The lowest BCUT2D eigenvalue weighted by atomic mass is 10.1. The Hall–Kier alpha value is -0.810. The number of rotatable bonds is 5. The van der Waals surface area contributed by atoms with Gasteiger partial charge in [-0.25, -0.2) is 0 Å². The lowest BCUT2D eigenvalue weighted by Crippen LogP contribution is -2.39. The fraction of sp³-hybridized carbons (Fsp3) is 0.500. The van der Waals surface area contributed by atoms with Crippen LogP contribution in [0.1, 0.15) is 24.5 Å². The Balaban J connectivity index is 1.92. The molecular formula is C14H17Cl2NO3. The fourth-order valence-electron chi connectivity index (χ4n) is 2.27. The van der Waals surface area contributed by atoms with Crippen molar-refractivity contribution in [1.82, 2.24) is 4.90 Å². The minimum atomic E-state index is -0.751. The number of carboxylic acids is 1. The van der Waals surface area contributed by atoms with E-state index in [1.807, 2.05) is 12.1 Å². The van der Waals surface area contributed by atoms with Crippen LogP contribution in [0.4, 0.5) is 0 Å². The first-order valence-electron chi connectivity index (χ1n) is 6.57. The summed E-state index contributed by atoms with van der Waals surface area (Å²) in [4.78, 5) is 12.7. The second-order valence-corrected chi connectivity index (χ2v) is 5.65. The van der Waals surface area contributed by atoms with Gasteiger partial charge in [-0.2, -0.15) is 0 Å². The van der Waals surface area contributed by atoms with Gasteiger partial charge in [0.1, 0.15) is 0 Å². The largest absolute Gasteiger partial charge is 0.481 e. The number of benzene rings is 1. The van der Waals surface area contributed by atoms with Crippen molar-refractivity contribution in [2.45, 2.75) is 18.9 Å². The van der Waals surface area contributed by atoms with Gasteiger partial charge in [-0.05, 0) is 30.7 Å². The molecule has 1 fully saturated rings. The SMILES string of the molecule is O=C(O)CCCN1CCO[C@H](c2ccc(Cl)c(Cl)c2)C1. The summed E-state index contributed by atoms with van der Waals surface area (Å²) in [7, 11) is 0. The number of carbonyl (C=O) groups is 1. The van der Waals surface area contributed by atoms with E-state index in [4.69, 9.17) is 33.0 Å². The third-order valence-corrected chi connectivity index (χ3v) is 4.07. The van der Waals surface area contributed by atoms with E-state index in [9.17, 15) is 4.79 Å². The quantitative estimate of drug-likeness (QED) is 0.905. The van der Waals surface area contributed by atoms with Crippen LogP contribution in [0.3, 0.4) is 0 Å². The van der Waals surface area contributed by atoms with Crippen LogP contribution in [0.15, 0.2) is 18.2 Å². The van der Waals surface area contributed by atoms with Gasteiger partial charge >= 0.3 is 5.97 Å². The maximum Gasteiger partial charge on any atom is 0.303 e. The molecule has 1 aromatic carbocycles. The van der Waals surface area contributed by atoms with Gasteiger partial charge in [-0.1, -0.05) is 29.3 Å². The Labute approximate surface area is 128 Å². The van der Waals surface area contributed by atoms with Crippen LogP contribution in [0.5, 0.6) is 0 Å². The van der Waals surface area contributed by atoms with Gasteiger partial charge in [0.25, 0.3) is 0 Å². The van der Waals surface area contributed by atoms with Crippen molar-refractivity contribution in [3.63, 3.8) is 0 Å². The second kappa shape index (κ2) is 7.27. The van der Waals surface area contributed by atoms with Crippen LogP contribution in [0.2, 0.25) is 10.0 Å². The average Bonchev–Trinajstić information content (AvgIpc) is 2.42. The maximum atomic E-state index is 10.5. The third-order valence-electron chi connectivity index (χ3n) is 3.33. The Kier molecular flexibility index (Phi) is 5.66. The van der Waals surface area contributed by atoms with E-state index < -0.39 is 5.97 Å². The van der Waals surface area contributed by atoms with Crippen LogP contribution in [-0.4, -0.2) is 42.2 Å². The molecule has 0 radical (unpaired) electrons. The van der Waals surface area contributed by atoms with Crippen molar-refractivity contribution in [2.75, 3.05) is 26.2 Å². The number of aliphatic carboxylic acids is 1. The molecule has 0 unspecified atom stereocenters. The molecule has 2 rings (SSSR count). The summed E-state index contributed by atoms with van der Waals surface area (Å²) in [6.45, 7) is 2.99. The number of ether oxygens (including phenoxy) is 1. The average molecular weight is 318 g/mol. The van der Waals surface area contributed by atoms with Gasteiger partial charge < -0.3 is 9.84 Å². The predicted octanol–water partition coefficient (Wildman–Crippen LogP) is 3.23. The molecular weight excluding hydrogens is 301 g/mol. The molecule has 0 spiro atoms. The van der Waals surface area contributed by atoms with Crippen molar-refractivity contribution in [1.29, 1.82) is 0 Å². The summed E-state index contributed by atoms with van der Waals surface area (Å²) < 4.78 is 5.76. The minimum absolute atomic E-state index is 0.0386. The molecule has 0 aromatic heterocycles. The lowest BCUT2D eigenvalue weighted by Gasteiger charge is -2.33. The first-order valence-corrected chi connectivity index (χ1v) is 7.32. The summed E-state index contributed by atoms with van der Waals surface area (Å²) >= 11 is 11.9. The summed E-state index contributed by atoms with van der Waals surface area (Å²) in [5.41, 5.74) is 1.00. The Bertz CT molecular complexity index is 481. The number of hydrogen-bond donors (Lipinski definition) is 1. The van der Waals surface area contributed by atoms with Gasteiger partial charge in [0.2, 0.25) is 0 Å². The van der Waals surface area contributed by atoms with Crippen LogP contribution >= 0.6 is 23.2 Å². The molecule has 4 nitrogen and oxygen atoms in total. The third kappa shape index (κ3) is 4.35. The molecule has 0 amide bonds. The predicted molar refractivity (Wildman–Crippen MR) is 78.5 cm³/mol. The molecule has 110 valence electrons. The second-order valence-electron chi connectivity index (χ2n) is 4.83. The fourth-order valence-corrected chi connectivity index (χ4v) is 2.58. The molecule has 1 N–H and O–H groups in total. The number of nitrogens with zero attached hydrogens (tertiary/aromatic N) is 1.